The third-order valence-electron chi connectivity index (χ3n) is 4.43. The lowest BCUT2D eigenvalue weighted by Crippen LogP contribution is -2.15. The molecular formula is C19H22N4O3S. The highest BCUT2D eigenvalue weighted by molar-refractivity contribution is 7.14. The van der Waals surface area contributed by atoms with Gasteiger partial charge < -0.3 is 14.8 Å². The molecule has 2 aromatic heterocycles. The van der Waals surface area contributed by atoms with E-state index in [4.69, 9.17) is 9.47 Å². The van der Waals surface area contributed by atoms with Gasteiger partial charge in [-0.15, -0.1) is 11.3 Å². The number of methoxy groups -OCH3 is 2. The molecule has 0 aliphatic carbocycles. The number of carbonyl (C=O) groups excluding carboxylic acids is 1. The zero-order chi connectivity index (χ0) is 19.6. The Bertz CT molecular complexity index is 977. The van der Waals surface area contributed by atoms with Gasteiger partial charge in [-0.3, -0.25) is 9.48 Å². The minimum Gasteiger partial charge on any atom is -0.497 e. The predicted molar refractivity (Wildman–Crippen MR) is 106 cm³/mol. The number of ether oxygens (including phenoxy) is 2. The number of hydrogen-bond donors (Lipinski definition) is 1. The molecule has 0 fully saturated rings. The Kier molecular flexibility index (Phi) is 5.46. The topological polar surface area (TPSA) is 78.3 Å². The second kappa shape index (κ2) is 7.79. The Morgan fingerprint density at radius 3 is 2.67 bits per heavy atom. The van der Waals surface area contributed by atoms with Crippen LogP contribution in [0.4, 0.5) is 5.13 Å². The van der Waals surface area contributed by atoms with E-state index < -0.39 is 0 Å². The van der Waals surface area contributed by atoms with E-state index in [1.54, 1.807) is 18.9 Å². The minimum absolute atomic E-state index is 0.118. The number of nitrogens with one attached hydrogen (secondary N) is 1. The fraction of sp³-hybridized carbons (Fsp3) is 0.316. The van der Waals surface area contributed by atoms with Crippen LogP contribution in [0.5, 0.6) is 11.5 Å². The van der Waals surface area contributed by atoms with Crippen LogP contribution in [-0.4, -0.2) is 34.9 Å². The Labute approximate surface area is 162 Å². The summed E-state index contributed by atoms with van der Waals surface area (Å²) in [6.07, 6.45) is 0.267. The molecule has 0 atom stereocenters. The largest absolute Gasteiger partial charge is 0.497 e. The zero-order valence-electron chi connectivity index (χ0n) is 16.0. The number of benzene rings is 1. The molecule has 1 aromatic carbocycles. The molecule has 0 aliphatic heterocycles. The molecule has 27 heavy (non-hydrogen) atoms. The second-order valence-corrected chi connectivity index (χ2v) is 6.96. The lowest BCUT2D eigenvalue weighted by atomic mass is 10.1. The SMILES string of the molecule is COc1ccc(OC)c(-c2csc(NC(=O)Cc3c(C)nn(C)c3C)n2)c1. The first-order chi connectivity index (χ1) is 12.9. The number of hydrogen-bond acceptors (Lipinski definition) is 6. The molecule has 0 saturated heterocycles. The summed E-state index contributed by atoms with van der Waals surface area (Å²) in [5.41, 5.74) is 4.34. The monoisotopic (exact) mass is 386 g/mol. The summed E-state index contributed by atoms with van der Waals surface area (Å²) in [6.45, 7) is 3.87. The molecule has 0 radical (unpaired) electrons. The van der Waals surface area contributed by atoms with Gasteiger partial charge in [0.15, 0.2) is 5.13 Å². The second-order valence-electron chi connectivity index (χ2n) is 6.10. The molecule has 0 saturated carbocycles. The van der Waals surface area contributed by atoms with Gasteiger partial charge in [0.05, 0.1) is 32.0 Å². The average Bonchev–Trinajstić information content (AvgIpc) is 3.21. The van der Waals surface area contributed by atoms with Crippen LogP contribution in [-0.2, 0) is 18.3 Å². The average molecular weight is 386 g/mol. The molecular weight excluding hydrogens is 364 g/mol. The van der Waals surface area contributed by atoms with Gasteiger partial charge >= 0.3 is 0 Å². The van der Waals surface area contributed by atoms with Crippen molar-refractivity contribution in [1.29, 1.82) is 0 Å². The van der Waals surface area contributed by atoms with Crippen LogP contribution < -0.4 is 14.8 Å². The van der Waals surface area contributed by atoms with Crippen LogP contribution in [0.1, 0.15) is 17.0 Å². The number of carbonyl (C=O) groups is 1. The van der Waals surface area contributed by atoms with Crippen LogP contribution in [0.15, 0.2) is 23.6 Å². The van der Waals surface area contributed by atoms with Crippen molar-refractivity contribution in [2.45, 2.75) is 20.3 Å². The highest BCUT2D eigenvalue weighted by Gasteiger charge is 2.16. The van der Waals surface area contributed by atoms with E-state index in [-0.39, 0.29) is 12.3 Å². The van der Waals surface area contributed by atoms with E-state index in [2.05, 4.69) is 15.4 Å². The van der Waals surface area contributed by atoms with Crippen LogP contribution in [0.2, 0.25) is 0 Å². The van der Waals surface area contributed by atoms with Gasteiger partial charge in [-0.2, -0.15) is 5.10 Å². The summed E-state index contributed by atoms with van der Waals surface area (Å²) in [5.74, 6) is 1.29. The molecule has 3 aromatic rings. The molecule has 1 amide bonds. The fourth-order valence-corrected chi connectivity index (χ4v) is 3.59. The summed E-state index contributed by atoms with van der Waals surface area (Å²) >= 11 is 1.37. The first-order valence-electron chi connectivity index (χ1n) is 8.39. The smallest absolute Gasteiger partial charge is 0.230 e. The lowest BCUT2D eigenvalue weighted by Gasteiger charge is -2.08. The molecule has 0 aliphatic rings. The Morgan fingerprint density at radius 2 is 2.04 bits per heavy atom. The molecule has 0 unspecified atom stereocenters. The third-order valence-corrected chi connectivity index (χ3v) is 5.19. The van der Waals surface area contributed by atoms with Crippen molar-refractivity contribution in [2.75, 3.05) is 19.5 Å². The van der Waals surface area contributed by atoms with Crippen LogP contribution in [0, 0.1) is 13.8 Å². The number of amides is 1. The molecule has 3 rings (SSSR count). The molecule has 142 valence electrons. The summed E-state index contributed by atoms with van der Waals surface area (Å²) in [5, 5.41) is 9.64. The Morgan fingerprint density at radius 1 is 1.26 bits per heavy atom. The van der Waals surface area contributed by atoms with Crippen molar-refractivity contribution in [3.8, 4) is 22.8 Å². The van der Waals surface area contributed by atoms with Crippen LogP contribution in [0.25, 0.3) is 11.3 Å². The minimum atomic E-state index is -0.118. The highest BCUT2D eigenvalue weighted by atomic mass is 32.1. The normalized spacial score (nSPS) is 10.7. The van der Waals surface area contributed by atoms with Gasteiger partial charge in [-0.25, -0.2) is 4.98 Å². The van der Waals surface area contributed by atoms with Crippen molar-refractivity contribution in [3.05, 3.63) is 40.5 Å². The van der Waals surface area contributed by atoms with Gasteiger partial charge in [-0.05, 0) is 32.0 Å². The summed E-state index contributed by atoms with van der Waals surface area (Å²) < 4.78 is 12.5. The maximum atomic E-state index is 12.4. The van der Waals surface area contributed by atoms with E-state index in [1.165, 1.54) is 11.3 Å². The van der Waals surface area contributed by atoms with Gasteiger partial charge in [-0.1, -0.05) is 0 Å². The van der Waals surface area contributed by atoms with Crippen LogP contribution in [0.3, 0.4) is 0 Å². The molecule has 7 nitrogen and oxygen atoms in total. The van der Waals surface area contributed by atoms with E-state index >= 15 is 0 Å². The molecule has 0 spiro atoms. The van der Waals surface area contributed by atoms with Crippen molar-refractivity contribution in [2.24, 2.45) is 7.05 Å². The van der Waals surface area contributed by atoms with Gasteiger partial charge in [0, 0.05) is 29.2 Å². The number of aryl methyl sites for hydroxylation is 2. The summed E-state index contributed by atoms with van der Waals surface area (Å²) in [7, 11) is 5.10. The van der Waals surface area contributed by atoms with E-state index in [0.717, 1.165) is 28.2 Å². The molecule has 0 bridgehead atoms. The van der Waals surface area contributed by atoms with Gasteiger partial charge in [0.2, 0.25) is 5.91 Å². The predicted octanol–water partition coefficient (Wildman–Crippen LogP) is 3.36. The first-order valence-corrected chi connectivity index (χ1v) is 9.27. The number of aromatic nitrogens is 3. The fourth-order valence-electron chi connectivity index (χ4n) is 2.87. The maximum absolute atomic E-state index is 12.4. The van der Waals surface area contributed by atoms with Crippen molar-refractivity contribution in [3.63, 3.8) is 0 Å². The first kappa shape index (κ1) is 18.9. The highest BCUT2D eigenvalue weighted by Crippen LogP contribution is 2.35. The van der Waals surface area contributed by atoms with Crippen molar-refractivity contribution < 1.29 is 14.3 Å². The Balaban J connectivity index is 1.77. The van der Waals surface area contributed by atoms with Crippen LogP contribution >= 0.6 is 11.3 Å². The van der Waals surface area contributed by atoms with Crippen molar-refractivity contribution >= 4 is 22.4 Å². The van der Waals surface area contributed by atoms with E-state index in [1.807, 2.05) is 44.5 Å². The number of thiazole rings is 1. The lowest BCUT2D eigenvalue weighted by molar-refractivity contribution is -0.115. The number of anilines is 1. The number of nitrogens with zero attached hydrogens (tertiary/aromatic N) is 3. The molecule has 1 N–H and O–H groups in total. The third kappa shape index (κ3) is 3.95. The maximum Gasteiger partial charge on any atom is 0.230 e. The van der Waals surface area contributed by atoms with Gasteiger partial charge in [0.25, 0.3) is 0 Å². The Hall–Kier alpha value is -2.87. The van der Waals surface area contributed by atoms with E-state index in [9.17, 15) is 4.79 Å². The van der Waals surface area contributed by atoms with Crippen molar-refractivity contribution in [1.82, 2.24) is 14.8 Å². The molecule has 8 heteroatoms. The van der Waals surface area contributed by atoms with E-state index in [0.29, 0.717) is 16.6 Å². The summed E-state index contributed by atoms with van der Waals surface area (Å²) in [4.78, 5) is 17.0. The zero-order valence-corrected chi connectivity index (χ0v) is 16.8. The summed E-state index contributed by atoms with van der Waals surface area (Å²) in [6, 6.07) is 5.53. The standard InChI is InChI=1S/C19H22N4O3S/c1-11-14(12(2)23(3)22-11)9-18(24)21-19-20-16(10-27-19)15-8-13(25-4)6-7-17(15)26-5/h6-8,10H,9H2,1-5H3,(H,20,21,24). The van der Waals surface area contributed by atoms with Gasteiger partial charge in [0.1, 0.15) is 11.5 Å². The molecule has 2 heterocycles. The number of rotatable bonds is 6. The quantitative estimate of drug-likeness (QED) is 0.703.